The summed E-state index contributed by atoms with van der Waals surface area (Å²) < 4.78 is 7.39. The lowest BCUT2D eigenvalue weighted by Gasteiger charge is -2.29. The van der Waals surface area contributed by atoms with E-state index in [4.69, 9.17) is 4.74 Å². The number of carbonyl (C=O) groups is 2. The van der Waals surface area contributed by atoms with Crippen molar-refractivity contribution in [3.63, 3.8) is 0 Å². The molecule has 2 heterocycles. The topological polar surface area (TPSA) is 76.5 Å². The largest absolute Gasteiger partial charge is 0.482 e. The zero-order valence-corrected chi connectivity index (χ0v) is 16.1. The molecular formula is C20H26N4O3. The fourth-order valence-corrected chi connectivity index (χ4v) is 3.21. The maximum Gasteiger partial charge on any atom is 0.265 e. The molecule has 0 saturated carbocycles. The third-order valence-corrected chi connectivity index (χ3v) is 4.61. The second-order valence-electron chi connectivity index (χ2n) is 7.07. The number of carbonyl (C=O) groups excluding carboxylic acids is 2. The smallest absolute Gasteiger partial charge is 0.265 e. The second-order valence-corrected chi connectivity index (χ2v) is 7.07. The standard InChI is InChI=1S/C20H26N4O3/c1-14(12-24-16(3)10-15(2)22-24)11-21-19(25)8-9-23-17-6-4-5-7-18(17)27-13-20(23)26/h4-7,10,14H,8-9,11-13H2,1-3H3,(H,21,25). The summed E-state index contributed by atoms with van der Waals surface area (Å²) in [5, 5.41) is 7.41. The summed E-state index contributed by atoms with van der Waals surface area (Å²) in [7, 11) is 0. The molecule has 144 valence electrons. The minimum Gasteiger partial charge on any atom is -0.482 e. The van der Waals surface area contributed by atoms with Crippen LogP contribution in [0.5, 0.6) is 5.75 Å². The number of para-hydroxylation sites is 2. The number of anilines is 1. The first-order valence-corrected chi connectivity index (χ1v) is 9.24. The minimum absolute atomic E-state index is 0.0122. The van der Waals surface area contributed by atoms with E-state index in [-0.39, 0.29) is 30.8 Å². The molecule has 7 heteroatoms. The lowest BCUT2D eigenvalue weighted by atomic mass is 10.1. The number of nitrogens with one attached hydrogen (secondary N) is 1. The molecule has 0 aliphatic carbocycles. The Hall–Kier alpha value is -2.83. The maximum atomic E-state index is 12.2. The molecule has 0 fully saturated rings. The number of aryl methyl sites for hydroxylation is 2. The summed E-state index contributed by atoms with van der Waals surface area (Å²) in [5.74, 6) is 0.750. The van der Waals surface area contributed by atoms with Gasteiger partial charge in [0.05, 0.1) is 11.4 Å². The molecule has 1 aromatic carbocycles. The van der Waals surface area contributed by atoms with Crippen LogP contribution >= 0.6 is 0 Å². The number of hydrogen-bond acceptors (Lipinski definition) is 4. The number of aromatic nitrogens is 2. The number of fused-ring (bicyclic) bond motifs is 1. The highest BCUT2D eigenvalue weighted by Gasteiger charge is 2.25. The van der Waals surface area contributed by atoms with Crippen LogP contribution in [0, 0.1) is 19.8 Å². The van der Waals surface area contributed by atoms with Gasteiger partial charge in [-0.3, -0.25) is 14.3 Å². The molecule has 1 aromatic heterocycles. The zero-order chi connectivity index (χ0) is 19.4. The lowest BCUT2D eigenvalue weighted by molar-refractivity contribution is -0.122. The molecule has 2 amide bonds. The molecule has 7 nitrogen and oxygen atoms in total. The Balaban J connectivity index is 1.47. The summed E-state index contributed by atoms with van der Waals surface area (Å²) >= 11 is 0. The Morgan fingerprint density at radius 2 is 2.11 bits per heavy atom. The summed E-state index contributed by atoms with van der Waals surface area (Å²) in [4.78, 5) is 26.0. The van der Waals surface area contributed by atoms with Crippen LogP contribution in [-0.4, -0.2) is 41.3 Å². The van der Waals surface area contributed by atoms with Gasteiger partial charge in [0.25, 0.3) is 5.91 Å². The molecule has 0 radical (unpaired) electrons. The van der Waals surface area contributed by atoms with E-state index in [0.29, 0.717) is 18.8 Å². The Labute approximate surface area is 159 Å². The predicted octanol–water partition coefficient (Wildman–Crippen LogP) is 2.07. The molecule has 1 aliphatic heterocycles. The number of amides is 2. The van der Waals surface area contributed by atoms with E-state index in [0.717, 1.165) is 23.6 Å². The van der Waals surface area contributed by atoms with Gasteiger partial charge in [-0.15, -0.1) is 0 Å². The third kappa shape index (κ3) is 4.67. The Kier molecular flexibility index (Phi) is 5.78. The van der Waals surface area contributed by atoms with Crippen molar-refractivity contribution in [2.45, 2.75) is 33.7 Å². The van der Waals surface area contributed by atoms with E-state index in [1.807, 2.05) is 48.9 Å². The van der Waals surface area contributed by atoms with E-state index < -0.39 is 0 Å². The predicted molar refractivity (Wildman–Crippen MR) is 103 cm³/mol. The van der Waals surface area contributed by atoms with Gasteiger partial charge < -0.3 is 15.0 Å². The molecule has 1 N–H and O–H groups in total. The molecular weight excluding hydrogens is 344 g/mol. The summed E-state index contributed by atoms with van der Waals surface area (Å²) in [6.07, 6.45) is 0.257. The van der Waals surface area contributed by atoms with Gasteiger partial charge in [0.1, 0.15) is 5.75 Å². The van der Waals surface area contributed by atoms with Crippen LogP contribution in [0.15, 0.2) is 30.3 Å². The highest BCUT2D eigenvalue weighted by molar-refractivity contribution is 5.98. The van der Waals surface area contributed by atoms with Crippen LogP contribution in [-0.2, 0) is 16.1 Å². The first kappa shape index (κ1) is 18.9. The Morgan fingerprint density at radius 1 is 1.33 bits per heavy atom. The van der Waals surface area contributed by atoms with Crippen molar-refractivity contribution in [3.05, 3.63) is 41.7 Å². The number of rotatable bonds is 7. The van der Waals surface area contributed by atoms with E-state index in [1.165, 1.54) is 0 Å². The highest BCUT2D eigenvalue weighted by atomic mass is 16.5. The summed E-state index contributed by atoms with van der Waals surface area (Å²) in [5.41, 5.74) is 2.84. The monoisotopic (exact) mass is 370 g/mol. The molecule has 0 saturated heterocycles. The van der Waals surface area contributed by atoms with Gasteiger partial charge in [0.2, 0.25) is 5.91 Å². The Bertz CT molecular complexity index is 830. The van der Waals surface area contributed by atoms with Crippen molar-refractivity contribution in [1.82, 2.24) is 15.1 Å². The molecule has 1 aliphatic rings. The highest BCUT2D eigenvalue weighted by Crippen LogP contribution is 2.31. The van der Waals surface area contributed by atoms with Crippen LogP contribution < -0.4 is 15.0 Å². The molecule has 27 heavy (non-hydrogen) atoms. The average molecular weight is 370 g/mol. The molecule has 0 bridgehead atoms. The molecule has 1 unspecified atom stereocenters. The van der Waals surface area contributed by atoms with Crippen LogP contribution in [0.1, 0.15) is 24.7 Å². The Morgan fingerprint density at radius 3 is 2.85 bits per heavy atom. The molecule has 2 aromatic rings. The van der Waals surface area contributed by atoms with E-state index >= 15 is 0 Å². The second kappa shape index (κ2) is 8.24. The van der Waals surface area contributed by atoms with Crippen LogP contribution in [0.4, 0.5) is 5.69 Å². The van der Waals surface area contributed by atoms with Crippen molar-refractivity contribution in [3.8, 4) is 5.75 Å². The van der Waals surface area contributed by atoms with Gasteiger partial charge in [-0.2, -0.15) is 5.10 Å². The van der Waals surface area contributed by atoms with Crippen molar-refractivity contribution >= 4 is 17.5 Å². The average Bonchev–Trinajstić information content (AvgIpc) is 2.96. The fraction of sp³-hybridized carbons (Fsp3) is 0.450. The fourth-order valence-electron chi connectivity index (χ4n) is 3.21. The number of nitrogens with zero attached hydrogens (tertiary/aromatic N) is 3. The zero-order valence-electron chi connectivity index (χ0n) is 16.1. The minimum atomic E-state index is -0.126. The van der Waals surface area contributed by atoms with Gasteiger partial charge in [-0.05, 0) is 38.0 Å². The van der Waals surface area contributed by atoms with Crippen LogP contribution in [0.3, 0.4) is 0 Å². The SMILES string of the molecule is Cc1cc(C)n(CC(C)CNC(=O)CCN2C(=O)COc3ccccc32)n1. The van der Waals surface area contributed by atoms with Crippen molar-refractivity contribution in [1.29, 1.82) is 0 Å². The number of hydrogen-bond donors (Lipinski definition) is 1. The molecule has 3 rings (SSSR count). The van der Waals surface area contributed by atoms with Gasteiger partial charge in [-0.1, -0.05) is 19.1 Å². The van der Waals surface area contributed by atoms with E-state index in [9.17, 15) is 9.59 Å². The quantitative estimate of drug-likeness (QED) is 0.809. The third-order valence-electron chi connectivity index (χ3n) is 4.61. The maximum absolute atomic E-state index is 12.2. The molecule has 0 spiro atoms. The van der Waals surface area contributed by atoms with E-state index in [1.54, 1.807) is 4.90 Å². The van der Waals surface area contributed by atoms with Crippen LogP contribution in [0.25, 0.3) is 0 Å². The van der Waals surface area contributed by atoms with Crippen molar-refractivity contribution in [2.75, 3.05) is 24.6 Å². The van der Waals surface area contributed by atoms with Crippen molar-refractivity contribution in [2.24, 2.45) is 5.92 Å². The first-order chi connectivity index (χ1) is 12.9. The lowest BCUT2D eigenvalue weighted by Crippen LogP contribution is -2.41. The van der Waals surface area contributed by atoms with Gasteiger partial charge in [0.15, 0.2) is 6.61 Å². The van der Waals surface area contributed by atoms with Crippen molar-refractivity contribution < 1.29 is 14.3 Å². The summed E-state index contributed by atoms with van der Waals surface area (Å²) in [6, 6.07) is 9.43. The summed E-state index contributed by atoms with van der Waals surface area (Å²) in [6.45, 7) is 7.78. The number of ether oxygens (including phenoxy) is 1. The number of benzene rings is 1. The van der Waals surface area contributed by atoms with Crippen LogP contribution in [0.2, 0.25) is 0 Å². The first-order valence-electron chi connectivity index (χ1n) is 9.24. The normalized spacial score (nSPS) is 14.5. The molecule has 1 atom stereocenters. The van der Waals surface area contributed by atoms with Gasteiger partial charge in [-0.25, -0.2) is 0 Å². The van der Waals surface area contributed by atoms with Gasteiger partial charge >= 0.3 is 0 Å². The van der Waals surface area contributed by atoms with E-state index in [2.05, 4.69) is 17.3 Å². The van der Waals surface area contributed by atoms with Gasteiger partial charge in [0, 0.05) is 31.7 Å².